The second kappa shape index (κ2) is 8.15. The number of phenols is 1. The van der Waals surface area contributed by atoms with E-state index in [9.17, 15) is 24.9 Å². The lowest BCUT2D eigenvalue weighted by Gasteiger charge is -2.28. The van der Waals surface area contributed by atoms with E-state index in [-0.39, 0.29) is 34.4 Å². The number of phenolic OH excluding ortho intramolecular Hbond substituents is 1. The lowest BCUT2D eigenvalue weighted by atomic mass is 10.1. The maximum atomic E-state index is 11.2. The minimum Gasteiger partial charge on any atom is -0.505 e. The molecular weight excluding hydrogens is 370 g/mol. The van der Waals surface area contributed by atoms with E-state index < -0.39 is 30.1 Å². The van der Waals surface area contributed by atoms with Gasteiger partial charge in [0.25, 0.3) is 0 Å². The highest BCUT2D eigenvalue weighted by atomic mass is 32.2. The number of hydrogen-bond donors (Lipinski definition) is 7. The first-order chi connectivity index (χ1) is 11.8. The van der Waals surface area contributed by atoms with Crippen molar-refractivity contribution < 1.29 is 30.0 Å². The second-order valence-electron chi connectivity index (χ2n) is 5.37. The Morgan fingerprint density at radius 1 is 1.44 bits per heavy atom. The zero-order valence-corrected chi connectivity index (χ0v) is 14.6. The number of fused-ring (bicyclic) bond motifs is 1. The fourth-order valence-electron chi connectivity index (χ4n) is 2.19. The number of thioether (sulfide) groups is 2. The highest BCUT2D eigenvalue weighted by Gasteiger charge is 2.31. The van der Waals surface area contributed by atoms with Crippen LogP contribution >= 0.6 is 23.5 Å². The van der Waals surface area contributed by atoms with E-state index in [2.05, 4.69) is 5.32 Å². The van der Waals surface area contributed by atoms with E-state index in [1.165, 1.54) is 17.8 Å². The highest BCUT2D eigenvalue weighted by molar-refractivity contribution is 8.00. The Morgan fingerprint density at radius 2 is 2.12 bits per heavy atom. The molecule has 2 rings (SSSR count). The zero-order valence-electron chi connectivity index (χ0n) is 13.0. The predicted octanol–water partition coefficient (Wildman–Crippen LogP) is -0.141. The first kappa shape index (κ1) is 19.7. The van der Waals surface area contributed by atoms with Gasteiger partial charge in [-0.3, -0.25) is 4.79 Å². The summed E-state index contributed by atoms with van der Waals surface area (Å²) in [7, 11) is 0. The van der Waals surface area contributed by atoms with Gasteiger partial charge in [-0.15, -0.1) is 23.5 Å². The van der Waals surface area contributed by atoms with E-state index in [1.807, 2.05) is 0 Å². The number of aliphatic hydroxyl groups is 1. The molecule has 0 radical (unpaired) electrons. The summed E-state index contributed by atoms with van der Waals surface area (Å²) in [4.78, 5) is 22.9. The summed E-state index contributed by atoms with van der Waals surface area (Å²) in [6.45, 7) is -0.0567. The molecule has 1 aromatic carbocycles. The Morgan fingerprint density at radius 3 is 2.68 bits per heavy atom. The molecule has 0 spiro atoms. The molecule has 1 aliphatic heterocycles. The molecule has 0 saturated carbocycles. The Balaban J connectivity index is 2.42. The van der Waals surface area contributed by atoms with Crippen LogP contribution in [0.3, 0.4) is 0 Å². The van der Waals surface area contributed by atoms with E-state index in [0.717, 1.165) is 11.8 Å². The molecule has 1 unspecified atom stereocenters. The minimum absolute atomic E-state index is 0.00462. The number of nitrogens with two attached hydrogens (primary N) is 2. The first-order valence-corrected chi connectivity index (χ1v) is 9.24. The van der Waals surface area contributed by atoms with Gasteiger partial charge < -0.3 is 37.2 Å². The maximum absolute atomic E-state index is 11.2. The normalized spacial score (nSPS) is 18.8. The third-order valence-electron chi connectivity index (χ3n) is 3.57. The fraction of sp³-hybridized carbons (Fsp3) is 0.429. The van der Waals surface area contributed by atoms with Crippen LogP contribution in [-0.4, -0.2) is 62.5 Å². The summed E-state index contributed by atoms with van der Waals surface area (Å²) in [5.74, 6) is -2.22. The summed E-state index contributed by atoms with van der Waals surface area (Å²) in [6, 6.07) is -0.494. The number of hydrogen-bond acceptors (Lipinski definition) is 9. The molecule has 138 valence electrons. The summed E-state index contributed by atoms with van der Waals surface area (Å²) in [6.07, 6.45) is -1.00. The lowest BCUT2D eigenvalue weighted by Crippen LogP contribution is -2.34. The number of aliphatic carboxylic acids is 2. The van der Waals surface area contributed by atoms with Gasteiger partial charge in [0, 0.05) is 22.9 Å². The van der Waals surface area contributed by atoms with Gasteiger partial charge in [-0.2, -0.15) is 0 Å². The van der Waals surface area contributed by atoms with E-state index in [1.54, 1.807) is 0 Å². The number of nitrogens with one attached hydrogen (secondary N) is 1. The van der Waals surface area contributed by atoms with Crippen LogP contribution in [0, 0.1) is 0 Å². The molecule has 0 saturated heterocycles. The van der Waals surface area contributed by atoms with Gasteiger partial charge in [-0.1, -0.05) is 0 Å². The van der Waals surface area contributed by atoms with Crippen molar-refractivity contribution in [1.82, 2.24) is 0 Å². The van der Waals surface area contributed by atoms with Crippen LogP contribution in [0.5, 0.6) is 5.75 Å². The van der Waals surface area contributed by atoms with Crippen molar-refractivity contribution in [3.63, 3.8) is 0 Å². The van der Waals surface area contributed by atoms with Crippen LogP contribution < -0.4 is 16.8 Å². The Hall–Kier alpha value is -1.66. The molecule has 1 heterocycles. The standard InChI is InChI=1S/C14H19N3O6S2/c15-2-8(18)5-1-9(24-3-6(16)13(20)21)11(19)10-12(5)25-4-7(17-10)14(22)23/h1,6-8,17-19H,2-4,15-16H2,(H,20,21)(H,22,23)/t6-,7-,8?/m0/s1. The van der Waals surface area contributed by atoms with Gasteiger partial charge >= 0.3 is 11.9 Å². The number of carboxylic acid groups (broad SMARTS) is 2. The quantitative estimate of drug-likeness (QED) is 0.244. The zero-order chi connectivity index (χ0) is 18.7. The van der Waals surface area contributed by atoms with E-state index in [4.69, 9.17) is 16.6 Å². The van der Waals surface area contributed by atoms with Crippen molar-refractivity contribution in [2.75, 3.05) is 23.4 Å². The number of benzene rings is 1. The molecule has 0 amide bonds. The predicted molar refractivity (Wildman–Crippen MR) is 94.2 cm³/mol. The molecule has 0 aliphatic carbocycles. The molecule has 1 aromatic rings. The van der Waals surface area contributed by atoms with Gasteiger partial charge in [-0.25, -0.2) is 4.79 Å². The first-order valence-electron chi connectivity index (χ1n) is 7.27. The molecule has 11 heteroatoms. The second-order valence-corrected chi connectivity index (χ2v) is 7.46. The number of carboxylic acids is 2. The monoisotopic (exact) mass is 389 g/mol. The molecule has 0 aromatic heterocycles. The van der Waals surface area contributed by atoms with Crippen molar-refractivity contribution in [3.05, 3.63) is 11.6 Å². The van der Waals surface area contributed by atoms with Crippen LogP contribution in [0.4, 0.5) is 5.69 Å². The molecule has 1 aliphatic rings. The van der Waals surface area contributed by atoms with Gasteiger partial charge in [-0.05, 0) is 11.6 Å². The van der Waals surface area contributed by atoms with E-state index >= 15 is 0 Å². The molecule has 9 nitrogen and oxygen atoms in total. The third-order valence-corrected chi connectivity index (χ3v) is 5.95. The maximum Gasteiger partial charge on any atom is 0.327 e. The van der Waals surface area contributed by atoms with Crippen LogP contribution in [0.2, 0.25) is 0 Å². The smallest absolute Gasteiger partial charge is 0.327 e. The van der Waals surface area contributed by atoms with Crippen molar-refractivity contribution in [1.29, 1.82) is 0 Å². The van der Waals surface area contributed by atoms with Crippen LogP contribution in [-0.2, 0) is 9.59 Å². The molecule has 0 fully saturated rings. The van der Waals surface area contributed by atoms with Crippen molar-refractivity contribution >= 4 is 41.1 Å². The summed E-state index contributed by atoms with van der Waals surface area (Å²) in [5, 5.41) is 41.4. The van der Waals surface area contributed by atoms with Gasteiger partial charge in [0.15, 0.2) is 5.75 Å². The summed E-state index contributed by atoms with van der Waals surface area (Å²) in [5.41, 5.74) is 11.6. The minimum atomic E-state index is -1.17. The lowest BCUT2D eigenvalue weighted by molar-refractivity contribution is -0.138. The number of anilines is 1. The average molecular weight is 389 g/mol. The number of aromatic hydroxyl groups is 1. The van der Waals surface area contributed by atoms with Crippen molar-refractivity contribution in [2.24, 2.45) is 11.5 Å². The Labute approximate surface area is 151 Å². The SMILES string of the molecule is NCC(O)c1cc(SC[C@H](N)C(=O)O)c(O)c2c1SC[C@@H](C(=O)O)N2. The van der Waals surface area contributed by atoms with Gasteiger partial charge in [0.05, 0.1) is 16.7 Å². The Bertz CT molecular complexity index is 687. The van der Waals surface area contributed by atoms with Crippen LogP contribution in [0.1, 0.15) is 11.7 Å². The topological polar surface area (TPSA) is 179 Å². The van der Waals surface area contributed by atoms with Crippen LogP contribution in [0.25, 0.3) is 0 Å². The van der Waals surface area contributed by atoms with E-state index in [0.29, 0.717) is 10.5 Å². The molecule has 3 atom stereocenters. The third kappa shape index (κ3) is 4.30. The average Bonchev–Trinajstić information content (AvgIpc) is 2.59. The molecular formula is C14H19N3O6S2. The molecule has 9 N–H and O–H groups in total. The Kier molecular flexibility index (Phi) is 6.41. The molecule has 0 bridgehead atoms. The van der Waals surface area contributed by atoms with Gasteiger partial charge in [0.1, 0.15) is 12.1 Å². The number of rotatable bonds is 7. The summed E-state index contributed by atoms with van der Waals surface area (Å²) < 4.78 is 0. The van der Waals surface area contributed by atoms with Crippen molar-refractivity contribution in [3.8, 4) is 5.75 Å². The fourth-order valence-corrected chi connectivity index (χ4v) is 4.36. The van der Waals surface area contributed by atoms with Crippen molar-refractivity contribution in [2.45, 2.75) is 28.0 Å². The van der Waals surface area contributed by atoms with Gasteiger partial charge in [0.2, 0.25) is 0 Å². The number of carbonyl (C=O) groups is 2. The largest absolute Gasteiger partial charge is 0.505 e. The number of aliphatic hydroxyl groups excluding tert-OH is 1. The molecule has 25 heavy (non-hydrogen) atoms. The van der Waals surface area contributed by atoms with Crippen LogP contribution in [0.15, 0.2) is 15.9 Å². The highest BCUT2D eigenvalue weighted by Crippen LogP contribution is 2.48. The summed E-state index contributed by atoms with van der Waals surface area (Å²) >= 11 is 2.20.